The lowest BCUT2D eigenvalue weighted by atomic mass is 10.1. The summed E-state index contributed by atoms with van der Waals surface area (Å²) in [5.41, 5.74) is -0.0493. The van der Waals surface area contributed by atoms with Gasteiger partial charge in [0.1, 0.15) is 5.70 Å². The minimum atomic E-state index is -1.11. The lowest BCUT2D eigenvalue weighted by molar-refractivity contribution is -0.135. The van der Waals surface area contributed by atoms with E-state index in [1.165, 1.54) is 6.92 Å². The molecule has 1 saturated carbocycles. The number of hydrogen-bond donors (Lipinski definition) is 3. The lowest BCUT2D eigenvalue weighted by Crippen LogP contribution is -2.29. The van der Waals surface area contributed by atoms with Crippen molar-refractivity contribution >= 4 is 17.8 Å². The first kappa shape index (κ1) is 18.2. The van der Waals surface area contributed by atoms with Crippen molar-refractivity contribution in [3.05, 3.63) is 11.8 Å². The molecule has 0 radical (unpaired) electrons. The molecule has 3 N–H and O–H groups in total. The second kappa shape index (κ2) is 7.96. The molecule has 0 aromatic heterocycles. The average molecular weight is 310 g/mol. The number of rotatable bonds is 9. The monoisotopic (exact) mass is 310 g/mol. The van der Waals surface area contributed by atoms with Gasteiger partial charge in [0.2, 0.25) is 11.8 Å². The van der Waals surface area contributed by atoms with Crippen LogP contribution < -0.4 is 10.6 Å². The second-order valence-corrected chi connectivity index (χ2v) is 6.49. The van der Waals surface area contributed by atoms with Gasteiger partial charge in [0.15, 0.2) is 0 Å². The van der Waals surface area contributed by atoms with E-state index in [0.717, 1.165) is 25.7 Å². The largest absolute Gasteiger partial charge is 0.477 e. The molecule has 1 fully saturated rings. The Morgan fingerprint density at radius 3 is 2.36 bits per heavy atom. The van der Waals surface area contributed by atoms with Crippen molar-refractivity contribution in [2.24, 2.45) is 11.3 Å². The number of hydrogen-bond acceptors (Lipinski definition) is 3. The Morgan fingerprint density at radius 2 is 1.86 bits per heavy atom. The van der Waals surface area contributed by atoms with Crippen molar-refractivity contribution < 1.29 is 19.5 Å². The molecule has 0 saturated heterocycles. The fourth-order valence-electron chi connectivity index (χ4n) is 2.28. The molecule has 6 heteroatoms. The number of carboxylic acids is 1. The Morgan fingerprint density at radius 1 is 1.23 bits per heavy atom. The molecule has 1 aliphatic rings. The van der Waals surface area contributed by atoms with Gasteiger partial charge in [-0.15, -0.1) is 0 Å². The van der Waals surface area contributed by atoms with E-state index < -0.39 is 5.97 Å². The summed E-state index contributed by atoms with van der Waals surface area (Å²) in [5.74, 6) is -1.44. The molecule has 22 heavy (non-hydrogen) atoms. The zero-order valence-electron chi connectivity index (χ0n) is 13.6. The summed E-state index contributed by atoms with van der Waals surface area (Å²) < 4.78 is 0. The Balaban J connectivity index is 2.29. The van der Waals surface area contributed by atoms with E-state index in [9.17, 15) is 14.4 Å². The Hall–Kier alpha value is -1.85. The molecule has 1 aliphatic carbocycles. The van der Waals surface area contributed by atoms with E-state index in [4.69, 9.17) is 5.11 Å². The Labute approximate surface area is 131 Å². The van der Waals surface area contributed by atoms with Gasteiger partial charge in [0.05, 0.1) is 0 Å². The SMILES string of the molecule is CC(=O)NCCCCC/C=C(/NC(=O)C1CC1(C)C)C(=O)O. The maximum Gasteiger partial charge on any atom is 0.352 e. The third-order valence-electron chi connectivity index (χ3n) is 3.92. The van der Waals surface area contributed by atoms with Crippen molar-refractivity contribution in [2.75, 3.05) is 6.54 Å². The molecule has 1 rings (SSSR count). The third-order valence-corrected chi connectivity index (χ3v) is 3.92. The highest BCUT2D eigenvalue weighted by Gasteiger charge is 2.50. The zero-order chi connectivity index (χ0) is 16.8. The van der Waals surface area contributed by atoms with Crippen molar-refractivity contribution in [3.63, 3.8) is 0 Å². The standard InChI is InChI=1S/C16H26N2O4/c1-11(19)17-9-7-5-4-6-8-13(15(21)22)18-14(20)12-10-16(12,2)3/h8,12H,4-7,9-10H2,1-3H3,(H,17,19)(H,18,20)(H,21,22)/b13-8+. The van der Waals surface area contributed by atoms with Gasteiger partial charge in [-0.25, -0.2) is 4.79 Å². The molecule has 2 amide bonds. The van der Waals surface area contributed by atoms with Crippen molar-refractivity contribution in [1.29, 1.82) is 0 Å². The predicted molar refractivity (Wildman–Crippen MR) is 82.9 cm³/mol. The molecule has 124 valence electrons. The molecular formula is C16H26N2O4. The summed E-state index contributed by atoms with van der Waals surface area (Å²) in [6.07, 6.45) is 5.53. The summed E-state index contributed by atoms with van der Waals surface area (Å²) >= 11 is 0. The first-order chi connectivity index (χ1) is 10.2. The summed E-state index contributed by atoms with van der Waals surface area (Å²) in [6, 6.07) is 0. The van der Waals surface area contributed by atoms with Gasteiger partial charge in [0, 0.05) is 19.4 Å². The van der Waals surface area contributed by atoms with Crippen LogP contribution >= 0.6 is 0 Å². The van der Waals surface area contributed by atoms with Crippen LogP contribution in [0.5, 0.6) is 0 Å². The Kier molecular flexibility index (Phi) is 6.59. The predicted octanol–water partition coefficient (Wildman–Crippen LogP) is 1.81. The van der Waals surface area contributed by atoms with Crippen LogP contribution in [0, 0.1) is 11.3 Å². The van der Waals surface area contributed by atoms with Crippen LogP contribution in [0.3, 0.4) is 0 Å². The van der Waals surface area contributed by atoms with E-state index in [1.54, 1.807) is 6.08 Å². The number of unbranched alkanes of at least 4 members (excludes halogenated alkanes) is 3. The number of allylic oxidation sites excluding steroid dienone is 1. The van der Waals surface area contributed by atoms with Gasteiger partial charge in [-0.05, 0) is 31.1 Å². The topological polar surface area (TPSA) is 95.5 Å². The normalized spacial score (nSPS) is 19.4. The molecule has 0 aromatic rings. The molecule has 6 nitrogen and oxygen atoms in total. The first-order valence-electron chi connectivity index (χ1n) is 7.73. The van der Waals surface area contributed by atoms with E-state index in [0.29, 0.717) is 13.0 Å². The molecule has 1 unspecified atom stereocenters. The average Bonchev–Trinajstić information content (AvgIpc) is 3.04. The summed E-state index contributed by atoms with van der Waals surface area (Å²) in [5, 5.41) is 14.4. The Bertz CT molecular complexity index is 469. The number of aliphatic carboxylic acids is 1. The van der Waals surface area contributed by atoms with Crippen LogP contribution in [0.1, 0.15) is 52.9 Å². The van der Waals surface area contributed by atoms with E-state index >= 15 is 0 Å². The minimum Gasteiger partial charge on any atom is -0.477 e. The lowest BCUT2D eigenvalue weighted by Gasteiger charge is -2.07. The van der Waals surface area contributed by atoms with E-state index in [1.807, 2.05) is 13.8 Å². The molecule has 0 bridgehead atoms. The van der Waals surface area contributed by atoms with Crippen molar-refractivity contribution in [1.82, 2.24) is 10.6 Å². The third kappa shape index (κ3) is 6.28. The van der Waals surface area contributed by atoms with Crippen LogP contribution in [-0.4, -0.2) is 29.4 Å². The van der Waals surface area contributed by atoms with Gasteiger partial charge < -0.3 is 15.7 Å². The number of carbonyl (C=O) groups excluding carboxylic acids is 2. The van der Waals surface area contributed by atoms with Crippen LogP contribution in [-0.2, 0) is 14.4 Å². The first-order valence-corrected chi connectivity index (χ1v) is 7.73. The number of carbonyl (C=O) groups is 3. The number of carboxylic acid groups (broad SMARTS) is 1. The molecule has 0 aliphatic heterocycles. The summed E-state index contributed by atoms with van der Waals surface area (Å²) in [7, 11) is 0. The summed E-state index contributed by atoms with van der Waals surface area (Å²) in [4.78, 5) is 33.7. The van der Waals surface area contributed by atoms with Gasteiger partial charge in [-0.3, -0.25) is 9.59 Å². The van der Waals surface area contributed by atoms with Crippen LogP contribution in [0.25, 0.3) is 0 Å². The molecular weight excluding hydrogens is 284 g/mol. The molecule has 1 atom stereocenters. The quantitative estimate of drug-likeness (QED) is 0.447. The molecule has 0 spiro atoms. The van der Waals surface area contributed by atoms with Gasteiger partial charge in [0.25, 0.3) is 0 Å². The maximum atomic E-state index is 11.9. The number of nitrogens with one attached hydrogen (secondary N) is 2. The summed E-state index contributed by atoms with van der Waals surface area (Å²) in [6.45, 7) is 6.11. The van der Waals surface area contributed by atoms with Crippen LogP contribution in [0.2, 0.25) is 0 Å². The fraction of sp³-hybridized carbons (Fsp3) is 0.688. The van der Waals surface area contributed by atoms with E-state index in [-0.39, 0.29) is 28.8 Å². The second-order valence-electron chi connectivity index (χ2n) is 6.49. The molecule has 0 heterocycles. The van der Waals surface area contributed by atoms with Crippen molar-refractivity contribution in [2.45, 2.75) is 52.9 Å². The fourth-order valence-corrected chi connectivity index (χ4v) is 2.28. The highest BCUT2D eigenvalue weighted by atomic mass is 16.4. The highest BCUT2D eigenvalue weighted by molar-refractivity contribution is 5.94. The highest BCUT2D eigenvalue weighted by Crippen LogP contribution is 2.51. The zero-order valence-corrected chi connectivity index (χ0v) is 13.6. The van der Waals surface area contributed by atoms with Gasteiger partial charge in [-0.1, -0.05) is 26.3 Å². The van der Waals surface area contributed by atoms with E-state index in [2.05, 4.69) is 10.6 Å². The minimum absolute atomic E-state index is 0.0165. The van der Waals surface area contributed by atoms with Crippen LogP contribution in [0.15, 0.2) is 11.8 Å². The smallest absolute Gasteiger partial charge is 0.352 e. The van der Waals surface area contributed by atoms with Crippen molar-refractivity contribution in [3.8, 4) is 0 Å². The van der Waals surface area contributed by atoms with Gasteiger partial charge >= 0.3 is 5.97 Å². The maximum absolute atomic E-state index is 11.9. The van der Waals surface area contributed by atoms with Crippen LogP contribution in [0.4, 0.5) is 0 Å². The van der Waals surface area contributed by atoms with Gasteiger partial charge in [-0.2, -0.15) is 0 Å². The molecule has 0 aromatic carbocycles. The number of amides is 2.